The van der Waals surface area contributed by atoms with Gasteiger partial charge in [0, 0.05) is 16.2 Å². The van der Waals surface area contributed by atoms with E-state index in [0.717, 1.165) is 22.3 Å². The molecular formula is C23H23O2P. The highest BCUT2D eigenvalue weighted by atomic mass is 31.2. The predicted octanol–water partition coefficient (Wildman–Crippen LogP) is 5.07. The van der Waals surface area contributed by atoms with E-state index in [2.05, 4.69) is 0 Å². The minimum Gasteiger partial charge on any atom is -0.305 e. The summed E-state index contributed by atoms with van der Waals surface area (Å²) in [6, 6.07) is 20.6. The number of hydrogen-bond acceptors (Lipinski definition) is 2. The molecule has 0 aliphatic rings. The molecular weight excluding hydrogens is 339 g/mol. The summed E-state index contributed by atoms with van der Waals surface area (Å²) in [7, 11) is -3.53. The number of carbonyl (C=O) groups is 1. The fourth-order valence-electron chi connectivity index (χ4n) is 3.68. The molecule has 0 spiro atoms. The van der Waals surface area contributed by atoms with Gasteiger partial charge < -0.3 is 4.57 Å². The average molecular weight is 362 g/mol. The third-order valence-electron chi connectivity index (χ3n) is 4.82. The zero-order valence-electron chi connectivity index (χ0n) is 15.6. The number of rotatable bonds is 4. The van der Waals surface area contributed by atoms with Crippen LogP contribution in [0.15, 0.2) is 66.7 Å². The van der Waals surface area contributed by atoms with Crippen LogP contribution in [0.25, 0.3) is 0 Å². The molecule has 0 saturated carbocycles. The molecule has 0 saturated heterocycles. The molecule has 0 aromatic heterocycles. The van der Waals surface area contributed by atoms with Gasteiger partial charge in [0.25, 0.3) is 0 Å². The molecule has 0 radical (unpaired) electrons. The smallest absolute Gasteiger partial charge is 0.230 e. The Kier molecular flexibility index (Phi) is 4.98. The average Bonchev–Trinajstić information content (AvgIpc) is 2.61. The first-order valence-corrected chi connectivity index (χ1v) is 10.4. The van der Waals surface area contributed by atoms with Crippen LogP contribution in [0.2, 0.25) is 0 Å². The highest BCUT2D eigenvalue weighted by Gasteiger charge is 2.40. The molecule has 0 fully saturated rings. The van der Waals surface area contributed by atoms with Crippen molar-refractivity contribution in [3.05, 3.63) is 94.5 Å². The van der Waals surface area contributed by atoms with E-state index in [1.807, 2.05) is 82.3 Å². The highest BCUT2D eigenvalue weighted by molar-refractivity contribution is 7.93. The molecule has 0 bridgehead atoms. The lowest BCUT2D eigenvalue weighted by atomic mass is 10.1. The van der Waals surface area contributed by atoms with Crippen LogP contribution in [0.3, 0.4) is 0 Å². The van der Waals surface area contributed by atoms with E-state index in [9.17, 15) is 9.36 Å². The van der Waals surface area contributed by atoms with Gasteiger partial charge in [0.05, 0.1) is 0 Å². The van der Waals surface area contributed by atoms with Crippen molar-refractivity contribution in [3.8, 4) is 0 Å². The first kappa shape index (κ1) is 18.4. The molecule has 0 heterocycles. The van der Waals surface area contributed by atoms with Crippen molar-refractivity contribution < 1.29 is 9.36 Å². The van der Waals surface area contributed by atoms with E-state index in [4.69, 9.17) is 0 Å². The second-order valence-electron chi connectivity index (χ2n) is 6.76. The van der Waals surface area contributed by atoms with E-state index in [0.29, 0.717) is 16.2 Å². The minimum absolute atomic E-state index is 0.298. The molecule has 3 aromatic carbocycles. The third kappa shape index (κ3) is 2.95. The fraction of sp³-hybridized carbons (Fsp3) is 0.174. The number of benzene rings is 3. The Balaban J connectivity index is 2.41. The maximum atomic E-state index is 14.7. The van der Waals surface area contributed by atoms with Gasteiger partial charge in [-0.2, -0.15) is 0 Å². The van der Waals surface area contributed by atoms with Crippen molar-refractivity contribution in [3.63, 3.8) is 0 Å². The maximum absolute atomic E-state index is 14.7. The first-order valence-electron chi connectivity index (χ1n) is 8.71. The van der Waals surface area contributed by atoms with Crippen LogP contribution in [0, 0.1) is 27.7 Å². The van der Waals surface area contributed by atoms with E-state index >= 15 is 0 Å². The molecule has 2 nitrogen and oxygen atoms in total. The van der Waals surface area contributed by atoms with Gasteiger partial charge in [0.1, 0.15) is 0 Å². The Bertz CT molecular complexity index is 924. The monoisotopic (exact) mass is 362 g/mol. The van der Waals surface area contributed by atoms with Crippen molar-refractivity contribution in [2.45, 2.75) is 27.7 Å². The van der Waals surface area contributed by atoms with E-state index in [1.165, 1.54) is 0 Å². The van der Waals surface area contributed by atoms with Gasteiger partial charge in [0.2, 0.25) is 12.7 Å². The standard InChI is InChI=1S/C23H23O2P/c1-16-10-8-11-17(2)21(16)26(25,22-18(3)12-9-13-19(22)4)23(24)20-14-6-5-7-15-20/h5-15H,1-4H3. The lowest BCUT2D eigenvalue weighted by molar-refractivity contribution is 0.107. The summed E-state index contributed by atoms with van der Waals surface area (Å²) in [6.45, 7) is 7.73. The molecule has 132 valence electrons. The van der Waals surface area contributed by atoms with Crippen LogP contribution < -0.4 is 10.6 Å². The molecule has 0 atom stereocenters. The number of carbonyl (C=O) groups excluding carboxylic acids is 1. The molecule has 0 amide bonds. The van der Waals surface area contributed by atoms with E-state index in [1.54, 1.807) is 12.1 Å². The second-order valence-corrected chi connectivity index (χ2v) is 9.28. The number of hydrogen-bond donors (Lipinski definition) is 0. The topological polar surface area (TPSA) is 34.1 Å². The van der Waals surface area contributed by atoms with Crippen molar-refractivity contribution in [1.29, 1.82) is 0 Å². The zero-order valence-corrected chi connectivity index (χ0v) is 16.5. The van der Waals surface area contributed by atoms with Gasteiger partial charge in [0.15, 0.2) is 0 Å². The van der Waals surface area contributed by atoms with Gasteiger partial charge in [-0.3, -0.25) is 4.79 Å². The quantitative estimate of drug-likeness (QED) is 0.607. The van der Waals surface area contributed by atoms with Crippen molar-refractivity contribution in [2.24, 2.45) is 0 Å². The SMILES string of the molecule is Cc1cccc(C)c1P(=O)(C(=O)c1ccccc1)c1c(C)cccc1C. The molecule has 3 rings (SSSR count). The zero-order chi connectivity index (χ0) is 18.9. The first-order chi connectivity index (χ1) is 12.4. The van der Waals surface area contributed by atoms with Gasteiger partial charge in [-0.05, 0) is 49.9 Å². The third-order valence-corrected chi connectivity index (χ3v) is 8.32. The van der Waals surface area contributed by atoms with Crippen LogP contribution in [0.1, 0.15) is 32.6 Å². The second kappa shape index (κ2) is 7.05. The van der Waals surface area contributed by atoms with Crippen LogP contribution in [0.5, 0.6) is 0 Å². The summed E-state index contributed by atoms with van der Waals surface area (Å²) < 4.78 is 14.7. The molecule has 0 N–H and O–H groups in total. The van der Waals surface area contributed by atoms with Crippen molar-refractivity contribution >= 4 is 23.3 Å². The lowest BCUT2D eigenvalue weighted by Gasteiger charge is -2.25. The Hall–Kier alpha value is -2.44. The van der Waals surface area contributed by atoms with Crippen LogP contribution >= 0.6 is 7.14 Å². The summed E-state index contributed by atoms with van der Waals surface area (Å²) in [5.74, 6) is 0. The fourth-order valence-corrected chi connectivity index (χ4v) is 7.11. The molecule has 3 heteroatoms. The highest BCUT2D eigenvalue weighted by Crippen LogP contribution is 2.50. The number of aryl methyl sites for hydroxylation is 4. The molecule has 0 aliphatic heterocycles. The summed E-state index contributed by atoms with van der Waals surface area (Å²) in [5.41, 5.74) is 3.75. The lowest BCUT2D eigenvalue weighted by Crippen LogP contribution is -2.29. The van der Waals surface area contributed by atoms with E-state index in [-0.39, 0.29) is 5.52 Å². The minimum atomic E-state index is -3.53. The Labute approximate surface area is 155 Å². The van der Waals surface area contributed by atoms with Crippen LogP contribution in [0.4, 0.5) is 0 Å². The van der Waals surface area contributed by atoms with E-state index < -0.39 is 7.14 Å². The Morgan fingerprint density at radius 3 is 1.38 bits per heavy atom. The van der Waals surface area contributed by atoms with Crippen LogP contribution in [-0.2, 0) is 4.57 Å². The van der Waals surface area contributed by atoms with Crippen molar-refractivity contribution in [1.82, 2.24) is 0 Å². The molecule has 3 aromatic rings. The summed E-state index contributed by atoms with van der Waals surface area (Å²) in [5, 5.41) is 1.34. The van der Waals surface area contributed by atoms with Gasteiger partial charge in [-0.25, -0.2) is 0 Å². The van der Waals surface area contributed by atoms with Gasteiger partial charge >= 0.3 is 0 Å². The summed E-state index contributed by atoms with van der Waals surface area (Å²) in [6.07, 6.45) is 0. The largest absolute Gasteiger partial charge is 0.305 e. The Morgan fingerprint density at radius 2 is 1.00 bits per heavy atom. The summed E-state index contributed by atoms with van der Waals surface area (Å²) in [4.78, 5) is 13.6. The maximum Gasteiger partial charge on any atom is 0.230 e. The van der Waals surface area contributed by atoms with Crippen LogP contribution in [-0.4, -0.2) is 5.52 Å². The molecule has 0 unspecified atom stereocenters. The summed E-state index contributed by atoms with van der Waals surface area (Å²) >= 11 is 0. The van der Waals surface area contributed by atoms with Crippen molar-refractivity contribution in [2.75, 3.05) is 0 Å². The van der Waals surface area contributed by atoms with Gasteiger partial charge in [-0.1, -0.05) is 66.7 Å². The Morgan fingerprint density at radius 1 is 0.615 bits per heavy atom. The van der Waals surface area contributed by atoms with Gasteiger partial charge in [-0.15, -0.1) is 0 Å². The molecule has 26 heavy (non-hydrogen) atoms. The normalized spacial score (nSPS) is 11.4. The predicted molar refractivity (Wildman–Crippen MR) is 109 cm³/mol. The molecule has 0 aliphatic carbocycles.